The standard InChI is InChI=1S/C32H34N4O2/c33-25-32(28-10-5-2-6-11-28)16-20-36(21-17-32)19-7-18-34-23-30-22-31(35-38-30)27-12-14-29(15-13-27)37-24-26-8-3-1-4-9-26/h1-6,8-15,22,34H,7,16-21,23-24H2. The van der Waals surface area contributed by atoms with Crippen LogP contribution in [0.4, 0.5) is 0 Å². The van der Waals surface area contributed by atoms with Crippen molar-refractivity contribution in [2.75, 3.05) is 26.2 Å². The van der Waals surface area contributed by atoms with E-state index in [-0.39, 0.29) is 5.41 Å². The Kier molecular flexibility index (Phi) is 8.49. The number of hydrogen-bond donors (Lipinski definition) is 1. The van der Waals surface area contributed by atoms with Crippen LogP contribution < -0.4 is 10.1 Å². The summed E-state index contributed by atoms with van der Waals surface area (Å²) in [5, 5.41) is 17.6. The number of ether oxygens (including phenoxy) is 1. The summed E-state index contributed by atoms with van der Waals surface area (Å²) >= 11 is 0. The van der Waals surface area contributed by atoms with Gasteiger partial charge in [0.1, 0.15) is 18.1 Å². The first-order valence-electron chi connectivity index (χ1n) is 13.4. The number of nitrogens with one attached hydrogen (secondary N) is 1. The first-order chi connectivity index (χ1) is 18.7. The van der Waals surface area contributed by atoms with Gasteiger partial charge in [0.2, 0.25) is 0 Å². The molecule has 0 radical (unpaired) electrons. The number of benzene rings is 3. The summed E-state index contributed by atoms with van der Waals surface area (Å²) in [6.07, 6.45) is 2.83. The zero-order valence-electron chi connectivity index (χ0n) is 21.7. The van der Waals surface area contributed by atoms with Crippen molar-refractivity contribution in [3.8, 4) is 23.1 Å². The topological polar surface area (TPSA) is 74.3 Å². The molecule has 1 aliphatic rings. The van der Waals surface area contributed by atoms with Gasteiger partial charge >= 0.3 is 0 Å². The van der Waals surface area contributed by atoms with Crippen LogP contribution >= 0.6 is 0 Å². The molecule has 3 aromatic carbocycles. The zero-order valence-corrected chi connectivity index (χ0v) is 21.7. The molecule has 194 valence electrons. The molecule has 1 fully saturated rings. The van der Waals surface area contributed by atoms with Gasteiger partial charge in [-0.1, -0.05) is 65.8 Å². The number of piperidine rings is 1. The van der Waals surface area contributed by atoms with E-state index in [1.807, 2.05) is 66.7 Å². The summed E-state index contributed by atoms with van der Waals surface area (Å²) in [6, 6.07) is 32.9. The van der Waals surface area contributed by atoms with Crippen LogP contribution in [0.25, 0.3) is 11.3 Å². The van der Waals surface area contributed by atoms with E-state index in [9.17, 15) is 5.26 Å². The van der Waals surface area contributed by atoms with Crippen molar-refractivity contribution in [3.63, 3.8) is 0 Å². The molecule has 1 aromatic heterocycles. The van der Waals surface area contributed by atoms with Gasteiger partial charge in [-0.25, -0.2) is 0 Å². The lowest BCUT2D eigenvalue weighted by molar-refractivity contribution is 0.184. The molecule has 1 N–H and O–H groups in total. The van der Waals surface area contributed by atoms with Gasteiger partial charge in [0, 0.05) is 11.6 Å². The van der Waals surface area contributed by atoms with Crippen LogP contribution in [0.15, 0.2) is 95.5 Å². The van der Waals surface area contributed by atoms with Crippen molar-refractivity contribution < 1.29 is 9.26 Å². The van der Waals surface area contributed by atoms with Crippen molar-refractivity contribution in [2.45, 2.75) is 37.8 Å². The van der Waals surface area contributed by atoms with Gasteiger partial charge in [0.05, 0.1) is 18.0 Å². The Bertz CT molecular complexity index is 1310. The van der Waals surface area contributed by atoms with Gasteiger partial charge in [0.15, 0.2) is 5.76 Å². The Morgan fingerprint density at radius 2 is 1.66 bits per heavy atom. The van der Waals surface area contributed by atoms with E-state index in [0.717, 1.165) is 79.3 Å². The van der Waals surface area contributed by atoms with E-state index < -0.39 is 0 Å². The molecule has 0 spiro atoms. The van der Waals surface area contributed by atoms with E-state index >= 15 is 0 Å². The molecule has 0 atom stereocenters. The molecule has 0 amide bonds. The molecular weight excluding hydrogens is 472 g/mol. The molecule has 6 nitrogen and oxygen atoms in total. The van der Waals surface area contributed by atoms with Crippen molar-refractivity contribution in [1.29, 1.82) is 5.26 Å². The van der Waals surface area contributed by atoms with E-state index in [4.69, 9.17) is 9.26 Å². The monoisotopic (exact) mass is 506 g/mol. The Hall–Kier alpha value is -3.92. The van der Waals surface area contributed by atoms with Crippen LogP contribution in [-0.4, -0.2) is 36.2 Å². The SMILES string of the molecule is N#CC1(c2ccccc2)CCN(CCCNCc2cc(-c3ccc(OCc4ccccc4)cc3)no2)CC1. The first kappa shape index (κ1) is 25.7. The van der Waals surface area contributed by atoms with Crippen LogP contribution in [0.5, 0.6) is 5.75 Å². The van der Waals surface area contributed by atoms with E-state index in [1.165, 1.54) is 0 Å². The second-order valence-corrected chi connectivity index (χ2v) is 9.91. The number of nitriles is 1. The van der Waals surface area contributed by atoms with E-state index in [1.54, 1.807) is 0 Å². The van der Waals surface area contributed by atoms with Crippen LogP contribution in [0.3, 0.4) is 0 Å². The quantitative estimate of drug-likeness (QED) is 0.253. The average Bonchev–Trinajstić information content (AvgIpc) is 3.46. The van der Waals surface area contributed by atoms with Gasteiger partial charge in [-0.2, -0.15) is 5.26 Å². The second-order valence-electron chi connectivity index (χ2n) is 9.91. The van der Waals surface area contributed by atoms with Gasteiger partial charge in [0.25, 0.3) is 0 Å². The van der Waals surface area contributed by atoms with Crippen LogP contribution in [0.1, 0.15) is 36.1 Å². The molecule has 4 aromatic rings. The Morgan fingerprint density at radius 3 is 2.37 bits per heavy atom. The van der Waals surface area contributed by atoms with Crippen LogP contribution in [0.2, 0.25) is 0 Å². The predicted octanol–water partition coefficient (Wildman–Crippen LogP) is 5.96. The third kappa shape index (κ3) is 6.49. The fraction of sp³-hybridized carbons (Fsp3) is 0.312. The van der Waals surface area contributed by atoms with Gasteiger partial charge < -0.3 is 19.5 Å². The molecule has 5 rings (SSSR count). The lowest BCUT2D eigenvalue weighted by Crippen LogP contribution is -2.42. The second kappa shape index (κ2) is 12.6. The molecule has 0 saturated carbocycles. The number of rotatable bonds is 11. The normalized spacial score (nSPS) is 15.1. The van der Waals surface area contributed by atoms with Crippen molar-refractivity contribution >= 4 is 0 Å². The fourth-order valence-electron chi connectivity index (χ4n) is 5.01. The summed E-state index contributed by atoms with van der Waals surface area (Å²) in [7, 11) is 0. The van der Waals surface area contributed by atoms with Gasteiger partial charge in [-0.15, -0.1) is 0 Å². The predicted molar refractivity (Wildman–Crippen MR) is 148 cm³/mol. The molecule has 38 heavy (non-hydrogen) atoms. The molecule has 0 unspecified atom stereocenters. The molecule has 1 aliphatic heterocycles. The van der Waals surface area contributed by atoms with Gasteiger partial charge in [-0.3, -0.25) is 0 Å². The van der Waals surface area contributed by atoms with Crippen LogP contribution in [0, 0.1) is 11.3 Å². The highest BCUT2D eigenvalue weighted by Crippen LogP contribution is 2.34. The Balaban J connectivity index is 1.01. The minimum Gasteiger partial charge on any atom is -0.489 e. The van der Waals surface area contributed by atoms with E-state index in [2.05, 4.69) is 45.7 Å². The molecule has 0 bridgehead atoms. The summed E-state index contributed by atoms with van der Waals surface area (Å²) in [5.74, 6) is 1.65. The highest BCUT2D eigenvalue weighted by molar-refractivity contribution is 5.59. The average molecular weight is 507 g/mol. The first-order valence-corrected chi connectivity index (χ1v) is 13.4. The third-order valence-electron chi connectivity index (χ3n) is 7.33. The lowest BCUT2D eigenvalue weighted by atomic mass is 9.74. The summed E-state index contributed by atoms with van der Waals surface area (Å²) in [4.78, 5) is 2.47. The summed E-state index contributed by atoms with van der Waals surface area (Å²) < 4.78 is 11.4. The maximum Gasteiger partial charge on any atom is 0.151 e. The maximum absolute atomic E-state index is 9.89. The zero-order chi connectivity index (χ0) is 26.0. The smallest absolute Gasteiger partial charge is 0.151 e. The molecule has 6 heteroatoms. The van der Waals surface area contributed by atoms with Crippen LogP contribution in [-0.2, 0) is 18.6 Å². The number of nitrogens with zero attached hydrogens (tertiary/aromatic N) is 3. The minimum absolute atomic E-state index is 0.338. The molecule has 1 saturated heterocycles. The molecule has 0 aliphatic carbocycles. The molecule has 2 heterocycles. The number of likely N-dealkylation sites (tertiary alicyclic amines) is 1. The lowest BCUT2D eigenvalue weighted by Gasteiger charge is -2.37. The van der Waals surface area contributed by atoms with Gasteiger partial charge in [-0.05, 0) is 80.8 Å². The number of hydrogen-bond acceptors (Lipinski definition) is 6. The van der Waals surface area contributed by atoms with Crippen molar-refractivity contribution in [1.82, 2.24) is 15.4 Å². The summed E-state index contributed by atoms with van der Waals surface area (Å²) in [6.45, 7) is 5.06. The largest absolute Gasteiger partial charge is 0.489 e. The van der Waals surface area contributed by atoms with E-state index in [0.29, 0.717) is 13.2 Å². The summed E-state index contributed by atoms with van der Waals surface area (Å²) in [5.41, 5.74) is 3.79. The third-order valence-corrected chi connectivity index (χ3v) is 7.33. The highest BCUT2D eigenvalue weighted by atomic mass is 16.5. The Labute approximate surface area is 224 Å². The number of aromatic nitrogens is 1. The molecular formula is C32H34N4O2. The Morgan fingerprint density at radius 1 is 0.947 bits per heavy atom. The minimum atomic E-state index is -0.338. The highest BCUT2D eigenvalue weighted by Gasteiger charge is 2.36. The van der Waals surface area contributed by atoms with Crippen molar-refractivity contribution in [3.05, 3.63) is 108 Å². The fourth-order valence-corrected chi connectivity index (χ4v) is 5.01. The van der Waals surface area contributed by atoms with Crippen molar-refractivity contribution in [2.24, 2.45) is 0 Å². The maximum atomic E-state index is 9.89.